The normalized spacial score (nSPS) is 33.5. The van der Waals surface area contributed by atoms with E-state index in [-0.39, 0.29) is 28.2 Å². The number of benzene rings is 1. The molecule has 3 aliphatic rings. The van der Waals surface area contributed by atoms with Gasteiger partial charge in [0, 0.05) is 30.1 Å². The first-order chi connectivity index (χ1) is 12.5. The second kappa shape index (κ2) is 5.70. The average molecular weight is 447 g/mol. The fraction of sp³-hybridized carbons (Fsp3) is 0.556. The summed E-state index contributed by atoms with van der Waals surface area (Å²) in [5.41, 5.74) is -3.00. The van der Waals surface area contributed by atoms with Crippen LogP contribution in [-0.2, 0) is 10.2 Å². The van der Waals surface area contributed by atoms with Gasteiger partial charge in [0.25, 0.3) is 11.8 Å². The van der Waals surface area contributed by atoms with Crippen LogP contribution in [0.2, 0.25) is 0 Å². The fourth-order valence-corrected chi connectivity index (χ4v) is 4.63. The number of fused-ring (bicyclic) bond motifs is 2. The number of carbonyl (C=O) groups excluding carboxylic acids is 2. The molecular weight excluding hydrogens is 429 g/mol. The van der Waals surface area contributed by atoms with E-state index in [1.165, 1.54) is 12.1 Å². The molecule has 146 valence electrons. The minimum atomic E-state index is -3.13. The number of carbonyl (C=O) groups is 2. The molecule has 1 aliphatic heterocycles. The number of hydrogen-bond acceptors (Lipinski definition) is 3. The molecule has 2 aliphatic carbocycles. The third kappa shape index (κ3) is 2.86. The van der Waals surface area contributed by atoms with Crippen LogP contribution in [0.25, 0.3) is 0 Å². The van der Waals surface area contributed by atoms with Gasteiger partial charge in [-0.15, -0.1) is 0 Å². The van der Waals surface area contributed by atoms with Crippen LogP contribution in [-0.4, -0.2) is 52.5 Å². The van der Waals surface area contributed by atoms with Crippen molar-refractivity contribution in [3.05, 3.63) is 33.5 Å². The lowest BCUT2D eigenvalue weighted by molar-refractivity contribution is -0.125. The lowest BCUT2D eigenvalue weighted by Gasteiger charge is -2.41. The van der Waals surface area contributed by atoms with Crippen LogP contribution >= 0.6 is 15.9 Å². The van der Waals surface area contributed by atoms with Crippen LogP contribution in [0.1, 0.15) is 42.1 Å². The van der Waals surface area contributed by atoms with Crippen molar-refractivity contribution in [3.8, 4) is 0 Å². The average Bonchev–Trinajstić information content (AvgIpc) is 3.06. The van der Waals surface area contributed by atoms with Crippen molar-refractivity contribution >= 4 is 27.7 Å². The van der Waals surface area contributed by atoms with Crippen LogP contribution < -0.4 is 5.32 Å². The summed E-state index contributed by atoms with van der Waals surface area (Å²) in [6.07, 6.45) is 0.241. The Morgan fingerprint density at radius 3 is 2.59 bits per heavy atom. The van der Waals surface area contributed by atoms with Crippen molar-refractivity contribution in [2.45, 2.75) is 49.2 Å². The number of nitrogens with zero attached hydrogens (tertiary/aromatic N) is 1. The summed E-state index contributed by atoms with van der Waals surface area (Å²) in [6.45, 7) is 0.869. The highest BCUT2D eigenvalue weighted by atomic mass is 79.9. The van der Waals surface area contributed by atoms with Gasteiger partial charge in [0.2, 0.25) is 5.91 Å². The van der Waals surface area contributed by atoms with Crippen LogP contribution in [0.3, 0.4) is 0 Å². The quantitative estimate of drug-likeness (QED) is 0.748. The maximum Gasteiger partial charge on any atom is 0.260 e. The first kappa shape index (κ1) is 18.7. The summed E-state index contributed by atoms with van der Waals surface area (Å²) in [5.74, 6) is -5.10. The van der Waals surface area contributed by atoms with E-state index < -0.39 is 47.5 Å². The standard InChI is InChI=1S/C18H18BrF3N2O3/c1-16(27)4-9(5-16)23-12(25)6-24-8-17(7-18(17,21)22)13-10(15(24)26)2-3-11(19)14(13)20/h2-3,9,27H,4-8H2,1H3,(H,23,25)/t9-,16-,17-/m1/s1. The monoisotopic (exact) mass is 446 g/mol. The van der Waals surface area contributed by atoms with Gasteiger partial charge in [-0.2, -0.15) is 0 Å². The first-order valence-electron chi connectivity index (χ1n) is 8.63. The van der Waals surface area contributed by atoms with Gasteiger partial charge >= 0.3 is 0 Å². The molecule has 1 aromatic carbocycles. The Hall–Kier alpha value is -1.61. The minimum Gasteiger partial charge on any atom is -0.390 e. The third-order valence-corrected chi connectivity index (χ3v) is 6.34. The molecule has 1 atom stereocenters. The highest BCUT2D eigenvalue weighted by molar-refractivity contribution is 9.10. The zero-order chi connectivity index (χ0) is 19.8. The van der Waals surface area contributed by atoms with E-state index in [0.29, 0.717) is 12.8 Å². The summed E-state index contributed by atoms with van der Waals surface area (Å²) >= 11 is 2.99. The summed E-state index contributed by atoms with van der Waals surface area (Å²) in [5, 5.41) is 12.4. The van der Waals surface area contributed by atoms with Gasteiger partial charge in [0.15, 0.2) is 0 Å². The second-order valence-corrected chi connectivity index (χ2v) is 8.93. The summed E-state index contributed by atoms with van der Waals surface area (Å²) in [6, 6.07) is 2.42. The largest absolute Gasteiger partial charge is 0.390 e. The molecule has 0 aromatic heterocycles. The summed E-state index contributed by atoms with van der Waals surface area (Å²) < 4.78 is 43.0. The molecule has 2 N–H and O–H groups in total. The number of hydrogen-bond donors (Lipinski definition) is 2. The number of amides is 2. The number of alkyl halides is 2. The molecule has 2 fully saturated rings. The Morgan fingerprint density at radius 1 is 1.41 bits per heavy atom. The van der Waals surface area contributed by atoms with E-state index in [0.717, 1.165) is 4.90 Å². The zero-order valence-corrected chi connectivity index (χ0v) is 16.1. The minimum absolute atomic E-state index is 0.0272. The molecule has 0 radical (unpaired) electrons. The maximum atomic E-state index is 14.6. The predicted molar refractivity (Wildman–Crippen MR) is 93.0 cm³/mol. The van der Waals surface area contributed by atoms with Gasteiger partial charge in [-0.25, -0.2) is 13.2 Å². The first-order valence-corrected chi connectivity index (χ1v) is 9.42. The van der Waals surface area contributed by atoms with Crippen LogP contribution in [0, 0.1) is 5.82 Å². The van der Waals surface area contributed by atoms with Gasteiger partial charge in [0.1, 0.15) is 5.82 Å². The number of halogens is 4. The van der Waals surface area contributed by atoms with E-state index in [2.05, 4.69) is 21.2 Å². The predicted octanol–water partition coefficient (Wildman–Crippen LogP) is 2.35. The molecule has 1 spiro atoms. The molecule has 5 nitrogen and oxygen atoms in total. The maximum absolute atomic E-state index is 14.6. The molecular formula is C18H18BrF3N2O3. The molecule has 2 amide bonds. The highest BCUT2D eigenvalue weighted by Gasteiger charge is 2.75. The Labute approximate surface area is 162 Å². The summed E-state index contributed by atoms with van der Waals surface area (Å²) in [7, 11) is 0. The molecule has 0 saturated heterocycles. The van der Waals surface area contributed by atoms with E-state index in [1.807, 2.05) is 0 Å². The van der Waals surface area contributed by atoms with Crippen molar-refractivity contribution in [2.75, 3.05) is 13.1 Å². The van der Waals surface area contributed by atoms with Gasteiger partial charge in [-0.05, 0) is 47.8 Å². The van der Waals surface area contributed by atoms with E-state index in [9.17, 15) is 27.9 Å². The molecule has 4 rings (SSSR count). The molecule has 2 saturated carbocycles. The molecule has 0 bridgehead atoms. The fourth-order valence-electron chi connectivity index (χ4n) is 4.30. The molecule has 27 heavy (non-hydrogen) atoms. The van der Waals surface area contributed by atoms with Gasteiger partial charge < -0.3 is 15.3 Å². The highest BCUT2D eigenvalue weighted by Crippen LogP contribution is 2.64. The van der Waals surface area contributed by atoms with Crippen molar-refractivity contribution in [3.63, 3.8) is 0 Å². The Balaban J connectivity index is 1.57. The SMILES string of the molecule is C[C@]1(O)C[C@H](NC(=O)CN2C[C@]3(CC3(F)F)c3c(ccc(Br)c3F)C2=O)C1. The number of aliphatic hydroxyl groups is 1. The van der Waals surface area contributed by atoms with Crippen LogP contribution in [0.4, 0.5) is 13.2 Å². The van der Waals surface area contributed by atoms with Crippen molar-refractivity contribution < 1.29 is 27.9 Å². The molecule has 1 heterocycles. The number of rotatable bonds is 3. The second-order valence-electron chi connectivity index (χ2n) is 8.08. The Kier molecular flexibility index (Phi) is 3.96. The third-order valence-electron chi connectivity index (χ3n) is 5.72. The Bertz CT molecular complexity index is 852. The summed E-state index contributed by atoms with van der Waals surface area (Å²) in [4.78, 5) is 26.0. The van der Waals surface area contributed by atoms with Gasteiger partial charge in [0.05, 0.1) is 22.0 Å². The van der Waals surface area contributed by atoms with Crippen molar-refractivity contribution in [2.24, 2.45) is 0 Å². The van der Waals surface area contributed by atoms with E-state index in [4.69, 9.17) is 0 Å². The molecule has 1 aromatic rings. The van der Waals surface area contributed by atoms with Crippen LogP contribution in [0.5, 0.6) is 0 Å². The molecule has 9 heteroatoms. The lowest BCUT2D eigenvalue weighted by atomic mass is 9.77. The van der Waals surface area contributed by atoms with E-state index >= 15 is 0 Å². The van der Waals surface area contributed by atoms with Crippen molar-refractivity contribution in [1.82, 2.24) is 10.2 Å². The Morgan fingerprint density at radius 2 is 2.04 bits per heavy atom. The van der Waals surface area contributed by atoms with Gasteiger partial charge in [-0.1, -0.05) is 0 Å². The van der Waals surface area contributed by atoms with Crippen molar-refractivity contribution in [1.29, 1.82) is 0 Å². The topological polar surface area (TPSA) is 69.6 Å². The lowest BCUT2D eigenvalue weighted by Crippen LogP contribution is -2.56. The zero-order valence-electron chi connectivity index (χ0n) is 14.5. The van der Waals surface area contributed by atoms with Crippen LogP contribution in [0.15, 0.2) is 16.6 Å². The molecule has 0 unspecified atom stereocenters. The van der Waals surface area contributed by atoms with E-state index in [1.54, 1.807) is 6.92 Å². The van der Waals surface area contributed by atoms with Gasteiger partial charge in [-0.3, -0.25) is 9.59 Å². The smallest absolute Gasteiger partial charge is 0.260 e. The number of nitrogens with one attached hydrogen (secondary N) is 1.